The van der Waals surface area contributed by atoms with Crippen LogP contribution in [0.3, 0.4) is 0 Å². The molecule has 3 aromatic rings. The Morgan fingerprint density at radius 3 is 2.46 bits per heavy atom. The second-order valence-electron chi connectivity index (χ2n) is 5.13. The number of carboxylic acids is 1. The number of carboxylic acid groups (broad SMARTS) is 1. The van der Waals surface area contributed by atoms with Crippen LogP contribution in [0.15, 0.2) is 54.6 Å². The molecule has 0 bridgehead atoms. The molecule has 1 amide bonds. The molecule has 0 fully saturated rings. The number of aromatic carboxylic acids is 1. The maximum absolute atomic E-state index is 14.3. The number of aromatic nitrogens is 1. The van der Waals surface area contributed by atoms with Gasteiger partial charge in [0.2, 0.25) is 0 Å². The minimum atomic E-state index is -1.18. The molecule has 2 aromatic carbocycles. The third kappa shape index (κ3) is 2.96. The Morgan fingerprint density at radius 2 is 1.79 bits per heavy atom. The van der Waals surface area contributed by atoms with Gasteiger partial charge in [-0.3, -0.25) is 4.79 Å². The van der Waals surface area contributed by atoms with Crippen molar-refractivity contribution in [1.29, 1.82) is 0 Å². The Balaban J connectivity index is 1.94. The molecule has 1 N–H and O–H groups in total. The first-order valence-electron chi connectivity index (χ1n) is 7.03. The largest absolute Gasteiger partial charge is 0.477 e. The maximum Gasteiger partial charge on any atom is 0.352 e. The van der Waals surface area contributed by atoms with Gasteiger partial charge >= 0.3 is 5.97 Å². The van der Waals surface area contributed by atoms with Crippen LogP contribution in [0, 0.1) is 0 Å². The number of carbonyl (C=O) groups excluding carboxylic acids is 1. The highest BCUT2D eigenvalue weighted by Crippen LogP contribution is 2.22. The van der Waals surface area contributed by atoms with Gasteiger partial charge in [-0.25, -0.2) is 4.79 Å². The van der Waals surface area contributed by atoms with Gasteiger partial charge in [-0.15, -0.1) is 5.12 Å². The van der Waals surface area contributed by atoms with E-state index in [2.05, 4.69) is 0 Å². The third-order valence-electron chi connectivity index (χ3n) is 3.60. The van der Waals surface area contributed by atoms with Crippen molar-refractivity contribution in [2.45, 2.75) is 6.54 Å². The van der Waals surface area contributed by atoms with Crippen molar-refractivity contribution in [3.05, 3.63) is 65.3 Å². The van der Waals surface area contributed by atoms with Crippen LogP contribution in [0.5, 0.6) is 0 Å². The first kappa shape index (κ1) is 16.0. The van der Waals surface area contributed by atoms with Gasteiger partial charge in [-0.2, -0.15) is 0 Å². The number of benzene rings is 2. The summed E-state index contributed by atoms with van der Waals surface area (Å²) >= 11 is 5.74. The summed E-state index contributed by atoms with van der Waals surface area (Å²) in [4.78, 5) is 23.6. The highest BCUT2D eigenvalue weighted by molar-refractivity contribution is 6.30. The molecule has 24 heavy (non-hydrogen) atoms. The Morgan fingerprint density at radius 1 is 1.12 bits per heavy atom. The number of hydrogen-bond donors (Lipinski definition) is 1. The van der Waals surface area contributed by atoms with E-state index < -0.39 is 18.4 Å². The van der Waals surface area contributed by atoms with Gasteiger partial charge < -0.3 is 9.67 Å². The van der Waals surface area contributed by atoms with Crippen molar-refractivity contribution in [2.24, 2.45) is 0 Å². The van der Waals surface area contributed by atoms with Crippen LogP contribution >= 0.6 is 11.6 Å². The molecule has 0 unspecified atom stereocenters. The number of anilines is 1. The van der Waals surface area contributed by atoms with Gasteiger partial charge in [0, 0.05) is 15.9 Å². The zero-order valence-corrected chi connectivity index (χ0v) is 13.1. The Hall–Kier alpha value is -2.86. The van der Waals surface area contributed by atoms with Gasteiger partial charge in [-0.1, -0.05) is 34.3 Å². The molecule has 0 spiro atoms. The molecule has 7 heteroatoms. The number of para-hydroxylation sites is 1. The Bertz CT molecular complexity index is 921. The fourth-order valence-electron chi connectivity index (χ4n) is 2.47. The number of hydrogen-bond acceptors (Lipinski definition) is 2. The zero-order valence-electron chi connectivity index (χ0n) is 12.3. The van der Waals surface area contributed by atoms with Crippen LogP contribution in [-0.2, 0) is 11.3 Å². The molecule has 3 rings (SSSR count). The van der Waals surface area contributed by atoms with Crippen LogP contribution in [0.25, 0.3) is 10.9 Å². The molecule has 0 aliphatic rings. The number of rotatable bonds is 4. The summed E-state index contributed by atoms with van der Waals surface area (Å²) in [6, 6.07) is 14.0. The lowest BCUT2D eigenvalue weighted by atomic mass is 10.2. The highest BCUT2D eigenvalue weighted by atomic mass is 35.5. The lowest BCUT2D eigenvalue weighted by Crippen LogP contribution is -2.27. The lowest BCUT2D eigenvalue weighted by molar-refractivity contribution is -0.121. The van der Waals surface area contributed by atoms with Crippen molar-refractivity contribution in [3.8, 4) is 0 Å². The minimum Gasteiger partial charge on any atom is -0.477 e. The lowest BCUT2D eigenvalue weighted by Gasteiger charge is -2.14. The number of carbonyl (C=O) groups is 2. The maximum atomic E-state index is 14.3. The number of nitrogens with zero attached hydrogens (tertiary/aromatic N) is 2. The van der Waals surface area contributed by atoms with Crippen molar-refractivity contribution in [3.63, 3.8) is 0 Å². The van der Waals surface area contributed by atoms with Crippen LogP contribution in [0.1, 0.15) is 10.5 Å². The summed E-state index contributed by atoms with van der Waals surface area (Å²) in [6.45, 7) is -0.436. The van der Waals surface area contributed by atoms with E-state index in [4.69, 9.17) is 11.6 Å². The number of fused-ring (bicyclic) bond motifs is 1. The summed E-state index contributed by atoms with van der Waals surface area (Å²) in [7, 11) is 0. The molecular weight excluding hydrogens is 335 g/mol. The standard InChI is InChI=1S/C17H12ClFN2O3/c18-12-5-7-13(8-6-12)21(19)16(22)10-20-14-4-2-1-3-11(14)9-15(20)17(23)24/h1-9H,10H2,(H,23,24). The summed E-state index contributed by atoms with van der Waals surface area (Å²) in [6.07, 6.45) is 0. The number of halogens is 2. The average molecular weight is 347 g/mol. The van der Waals surface area contributed by atoms with Gasteiger partial charge in [0.15, 0.2) is 0 Å². The molecule has 0 atom stereocenters. The monoisotopic (exact) mass is 346 g/mol. The predicted octanol–water partition coefficient (Wildman–Crippen LogP) is 3.91. The molecule has 1 heterocycles. The summed E-state index contributed by atoms with van der Waals surface area (Å²) in [5, 5.41) is 10.4. The molecule has 0 saturated heterocycles. The molecule has 1 aromatic heterocycles. The van der Waals surface area contributed by atoms with Crippen LogP contribution in [0.4, 0.5) is 10.2 Å². The molecule has 122 valence electrons. The van der Waals surface area contributed by atoms with Crippen LogP contribution in [0.2, 0.25) is 5.02 Å². The predicted molar refractivity (Wildman–Crippen MR) is 88.9 cm³/mol. The second kappa shape index (κ2) is 6.33. The Labute approximate surface area is 141 Å². The van der Waals surface area contributed by atoms with Crippen LogP contribution in [-0.4, -0.2) is 21.6 Å². The topological polar surface area (TPSA) is 62.5 Å². The van der Waals surface area contributed by atoms with Crippen LogP contribution < -0.4 is 5.12 Å². The van der Waals surface area contributed by atoms with Gasteiger partial charge in [-0.05, 0) is 36.4 Å². The third-order valence-corrected chi connectivity index (χ3v) is 3.85. The van der Waals surface area contributed by atoms with Gasteiger partial charge in [0.25, 0.3) is 5.91 Å². The minimum absolute atomic E-state index is 0.0171. The summed E-state index contributed by atoms with van der Waals surface area (Å²) in [5.74, 6) is -2.07. The van der Waals surface area contributed by atoms with Crippen molar-refractivity contribution in [1.82, 2.24) is 4.57 Å². The van der Waals surface area contributed by atoms with E-state index in [0.717, 1.165) is 0 Å². The van der Waals surface area contributed by atoms with Gasteiger partial charge in [0.1, 0.15) is 12.2 Å². The highest BCUT2D eigenvalue weighted by Gasteiger charge is 2.21. The molecule has 0 saturated carbocycles. The first-order chi connectivity index (χ1) is 11.5. The fourth-order valence-corrected chi connectivity index (χ4v) is 2.60. The van der Waals surface area contributed by atoms with Crippen molar-refractivity contribution < 1.29 is 19.2 Å². The second-order valence-corrected chi connectivity index (χ2v) is 5.57. The van der Waals surface area contributed by atoms with E-state index >= 15 is 0 Å². The first-order valence-corrected chi connectivity index (χ1v) is 7.41. The van der Waals surface area contributed by atoms with Crippen molar-refractivity contribution in [2.75, 3.05) is 5.12 Å². The SMILES string of the molecule is O=C(O)c1cc2ccccc2n1CC(=O)N(F)c1ccc(Cl)cc1. The van der Waals surface area contributed by atoms with E-state index in [-0.39, 0.29) is 16.5 Å². The van der Waals surface area contributed by atoms with Crippen molar-refractivity contribution >= 4 is 40.1 Å². The summed E-state index contributed by atoms with van der Waals surface area (Å²) in [5.41, 5.74) is 0.500. The molecular formula is C17H12ClFN2O3. The Kier molecular flexibility index (Phi) is 4.22. The van der Waals surface area contributed by atoms with Gasteiger partial charge in [0.05, 0.1) is 5.69 Å². The fraction of sp³-hybridized carbons (Fsp3) is 0.0588. The van der Waals surface area contributed by atoms with E-state index in [9.17, 15) is 19.2 Å². The summed E-state index contributed by atoms with van der Waals surface area (Å²) < 4.78 is 15.5. The average Bonchev–Trinajstić information content (AvgIpc) is 2.94. The molecule has 0 aliphatic heterocycles. The van der Waals surface area contributed by atoms with E-state index in [0.29, 0.717) is 15.9 Å². The smallest absolute Gasteiger partial charge is 0.352 e. The normalized spacial score (nSPS) is 10.8. The van der Waals surface area contributed by atoms with E-state index in [1.54, 1.807) is 24.3 Å². The zero-order chi connectivity index (χ0) is 17.3. The molecule has 0 aliphatic carbocycles. The van der Waals surface area contributed by atoms with E-state index in [1.807, 2.05) is 0 Å². The van der Waals surface area contributed by atoms with E-state index in [1.165, 1.54) is 34.9 Å². The molecule has 5 nitrogen and oxygen atoms in total. The number of amides is 1. The quantitative estimate of drug-likeness (QED) is 0.728. The molecule has 0 radical (unpaired) electrons.